The van der Waals surface area contributed by atoms with E-state index >= 15 is 0 Å². The molecule has 0 unspecified atom stereocenters. The quantitative estimate of drug-likeness (QED) is 0.790. The average molecular weight is 293 g/mol. The number of fused-ring (bicyclic) bond motifs is 1. The van der Waals surface area contributed by atoms with Gasteiger partial charge in [-0.2, -0.15) is 0 Å². The number of ether oxygens (including phenoxy) is 1. The number of nitrogens with one attached hydrogen (secondary N) is 1. The second kappa shape index (κ2) is 6.17. The minimum absolute atomic E-state index is 0.723. The SMILES string of the molecule is COCCCn1cc(CNC2CC2)c2cccc(Cl)c21. The molecule has 20 heavy (non-hydrogen) atoms. The summed E-state index contributed by atoms with van der Waals surface area (Å²) in [6.45, 7) is 2.65. The van der Waals surface area contributed by atoms with Crippen molar-refractivity contribution in [1.29, 1.82) is 0 Å². The Kier molecular flexibility index (Phi) is 4.29. The van der Waals surface area contributed by atoms with Gasteiger partial charge in [-0.25, -0.2) is 0 Å². The number of halogens is 1. The molecule has 2 aromatic rings. The highest BCUT2D eigenvalue weighted by Crippen LogP contribution is 2.29. The van der Waals surface area contributed by atoms with E-state index in [1.165, 1.54) is 23.8 Å². The van der Waals surface area contributed by atoms with Crippen LogP contribution < -0.4 is 5.32 Å². The van der Waals surface area contributed by atoms with Gasteiger partial charge < -0.3 is 14.6 Å². The van der Waals surface area contributed by atoms with Gasteiger partial charge in [-0.1, -0.05) is 23.7 Å². The molecular weight excluding hydrogens is 272 g/mol. The zero-order valence-corrected chi connectivity index (χ0v) is 12.6. The van der Waals surface area contributed by atoms with Crippen LogP contribution >= 0.6 is 11.6 Å². The van der Waals surface area contributed by atoms with Crippen LogP contribution in [0.2, 0.25) is 5.02 Å². The van der Waals surface area contributed by atoms with E-state index < -0.39 is 0 Å². The zero-order chi connectivity index (χ0) is 13.9. The number of methoxy groups -OCH3 is 1. The molecule has 0 spiro atoms. The topological polar surface area (TPSA) is 26.2 Å². The lowest BCUT2D eigenvalue weighted by Gasteiger charge is -2.05. The molecule has 1 N–H and O–H groups in total. The van der Waals surface area contributed by atoms with Crippen molar-refractivity contribution >= 4 is 22.5 Å². The Labute approximate surface area is 124 Å². The average Bonchev–Trinajstić information content (AvgIpc) is 3.20. The molecule has 1 aliphatic rings. The highest BCUT2D eigenvalue weighted by Gasteiger charge is 2.21. The maximum Gasteiger partial charge on any atom is 0.0673 e. The molecule has 0 bridgehead atoms. The van der Waals surface area contributed by atoms with Crippen molar-refractivity contribution < 1.29 is 4.74 Å². The Morgan fingerprint density at radius 2 is 2.25 bits per heavy atom. The van der Waals surface area contributed by atoms with E-state index in [2.05, 4.69) is 22.1 Å². The number of para-hydroxylation sites is 1. The summed E-state index contributed by atoms with van der Waals surface area (Å²) >= 11 is 6.39. The monoisotopic (exact) mass is 292 g/mol. The number of aryl methyl sites for hydroxylation is 1. The smallest absolute Gasteiger partial charge is 0.0673 e. The van der Waals surface area contributed by atoms with Gasteiger partial charge in [-0.3, -0.25) is 0 Å². The lowest BCUT2D eigenvalue weighted by Crippen LogP contribution is -2.14. The molecule has 3 nitrogen and oxygen atoms in total. The summed E-state index contributed by atoms with van der Waals surface area (Å²) in [4.78, 5) is 0. The van der Waals surface area contributed by atoms with Crippen LogP contribution in [0, 0.1) is 0 Å². The highest BCUT2D eigenvalue weighted by atomic mass is 35.5. The fraction of sp³-hybridized carbons (Fsp3) is 0.500. The summed E-state index contributed by atoms with van der Waals surface area (Å²) in [5.41, 5.74) is 2.49. The standard InChI is InChI=1S/C16H21ClN2O/c1-20-9-3-8-19-11-12(10-18-13-6-7-13)14-4-2-5-15(17)16(14)19/h2,4-5,11,13,18H,3,6-10H2,1H3. The fourth-order valence-corrected chi connectivity index (χ4v) is 2.91. The number of benzene rings is 1. The Morgan fingerprint density at radius 1 is 1.40 bits per heavy atom. The molecule has 0 aliphatic heterocycles. The van der Waals surface area contributed by atoms with E-state index in [-0.39, 0.29) is 0 Å². The number of hydrogen-bond acceptors (Lipinski definition) is 2. The van der Waals surface area contributed by atoms with Crippen LogP contribution in [0.5, 0.6) is 0 Å². The van der Waals surface area contributed by atoms with E-state index in [0.29, 0.717) is 0 Å². The lowest BCUT2D eigenvalue weighted by atomic mass is 10.2. The molecule has 1 aliphatic carbocycles. The maximum absolute atomic E-state index is 6.39. The van der Waals surface area contributed by atoms with Crippen LogP contribution in [0.3, 0.4) is 0 Å². The predicted octanol–water partition coefficient (Wildman–Crippen LogP) is 3.58. The van der Waals surface area contributed by atoms with E-state index in [9.17, 15) is 0 Å². The highest BCUT2D eigenvalue weighted by molar-refractivity contribution is 6.35. The van der Waals surface area contributed by atoms with Crippen molar-refractivity contribution in [3.8, 4) is 0 Å². The summed E-state index contributed by atoms with van der Waals surface area (Å²) in [6, 6.07) is 6.89. The van der Waals surface area contributed by atoms with Crippen LogP contribution in [0.4, 0.5) is 0 Å². The van der Waals surface area contributed by atoms with Crippen LogP contribution in [0.25, 0.3) is 10.9 Å². The molecule has 3 rings (SSSR count). The van der Waals surface area contributed by atoms with Gasteiger partial charge in [-0.15, -0.1) is 0 Å². The summed E-state index contributed by atoms with van der Waals surface area (Å²) in [5.74, 6) is 0. The molecule has 0 saturated heterocycles. The van der Waals surface area contributed by atoms with Crippen molar-refractivity contribution in [2.45, 2.75) is 38.4 Å². The van der Waals surface area contributed by atoms with Crippen molar-refractivity contribution in [1.82, 2.24) is 9.88 Å². The van der Waals surface area contributed by atoms with Gasteiger partial charge in [0.1, 0.15) is 0 Å². The predicted molar refractivity (Wildman–Crippen MR) is 83.3 cm³/mol. The van der Waals surface area contributed by atoms with Gasteiger partial charge >= 0.3 is 0 Å². The first-order valence-electron chi connectivity index (χ1n) is 7.28. The van der Waals surface area contributed by atoms with Crippen molar-refractivity contribution in [2.75, 3.05) is 13.7 Å². The normalized spacial score (nSPS) is 15.1. The fourth-order valence-electron chi connectivity index (χ4n) is 2.63. The van der Waals surface area contributed by atoms with Gasteiger partial charge in [0.25, 0.3) is 0 Å². The number of nitrogens with zero attached hydrogens (tertiary/aromatic N) is 1. The number of aromatic nitrogens is 1. The third kappa shape index (κ3) is 3.00. The van der Waals surface area contributed by atoms with Gasteiger partial charge in [0.15, 0.2) is 0 Å². The Morgan fingerprint density at radius 3 is 3.00 bits per heavy atom. The molecule has 0 atom stereocenters. The molecule has 1 fully saturated rings. The number of hydrogen-bond donors (Lipinski definition) is 1. The second-order valence-electron chi connectivity index (χ2n) is 5.49. The van der Waals surface area contributed by atoms with Gasteiger partial charge in [0, 0.05) is 44.4 Å². The van der Waals surface area contributed by atoms with Gasteiger partial charge in [0.05, 0.1) is 10.5 Å². The molecule has 1 heterocycles. The third-order valence-electron chi connectivity index (χ3n) is 3.84. The van der Waals surface area contributed by atoms with Crippen molar-refractivity contribution in [2.24, 2.45) is 0 Å². The molecule has 1 aromatic carbocycles. The van der Waals surface area contributed by atoms with Crippen molar-refractivity contribution in [3.63, 3.8) is 0 Å². The molecular formula is C16H21ClN2O. The minimum Gasteiger partial charge on any atom is -0.385 e. The first-order chi connectivity index (χ1) is 9.79. The number of rotatable bonds is 7. The lowest BCUT2D eigenvalue weighted by molar-refractivity contribution is 0.190. The first kappa shape index (κ1) is 13.9. The zero-order valence-electron chi connectivity index (χ0n) is 11.9. The Bertz CT molecular complexity index is 589. The van der Waals surface area contributed by atoms with Gasteiger partial charge in [0.2, 0.25) is 0 Å². The van der Waals surface area contributed by atoms with Crippen molar-refractivity contribution in [3.05, 3.63) is 35.0 Å². The van der Waals surface area contributed by atoms with E-state index in [0.717, 1.165) is 42.7 Å². The molecule has 0 amide bonds. The molecule has 108 valence electrons. The molecule has 4 heteroatoms. The molecule has 1 aromatic heterocycles. The third-order valence-corrected chi connectivity index (χ3v) is 4.14. The van der Waals surface area contributed by atoms with Gasteiger partial charge in [-0.05, 0) is 30.9 Å². The Balaban J connectivity index is 1.87. The summed E-state index contributed by atoms with van der Waals surface area (Å²) in [6.07, 6.45) is 5.86. The maximum atomic E-state index is 6.39. The molecule has 0 radical (unpaired) electrons. The van der Waals surface area contributed by atoms with E-state index in [1.54, 1.807) is 7.11 Å². The minimum atomic E-state index is 0.723. The van der Waals surface area contributed by atoms with Crippen LogP contribution in [0.1, 0.15) is 24.8 Å². The summed E-state index contributed by atoms with van der Waals surface area (Å²) in [5, 5.41) is 5.68. The second-order valence-corrected chi connectivity index (χ2v) is 5.89. The van der Waals surface area contributed by atoms with Crippen LogP contribution in [-0.4, -0.2) is 24.3 Å². The molecule has 1 saturated carbocycles. The van der Waals surface area contributed by atoms with Crippen LogP contribution in [0.15, 0.2) is 24.4 Å². The summed E-state index contributed by atoms with van der Waals surface area (Å²) < 4.78 is 7.41. The first-order valence-corrected chi connectivity index (χ1v) is 7.66. The van der Waals surface area contributed by atoms with E-state index in [1.807, 2.05) is 12.1 Å². The largest absolute Gasteiger partial charge is 0.385 e. The summed E-state index contributed by atoms with van der Waals surface area (Å²) in [7, 11) is 1.74. The Hall–Kier alpha value is -1.03. The van der Waals surface area contributed by atoms with E-state index in [4.69, 9.17) is 16.3 Å². The van der Waals surface area contributed by atoms with Crippen LogP contribution in [-0.2, 0) is 17.8 Å².